The van der Waals surface area contributed by atoms with Crippen molar-refractivity contribution in [3.63, 3.8) is 0 Å². The number of carbonyl (C=O) groups is 2. The average molecular weight is 476 g/mol. The maximum absolute atomic E-state index is 14.0. The molecule has 158 valence electrons. The highest BCUT2D eigenvalue weighted by atomic mass is 79.9. The van der Waals surface area contributed by atoms with Crippen LogP contribution in [0.1, 0.15) is 26.3 Å². The Morgan fingerprint density at radius 2 is 2.00 bits per heavy atom. The highest BCUT2D eigenvalue weighted by molar-refractivity contribution is 9.10. The largest absolute Gasteiger partial charge is 0.444 e. The third-order valence-electron chi connectivity index (χ3n) is 4.37. The van der Waals surface area contributed by atoms with E-state index in [9.17, 15) is 28.0 Å². The van der Waals surface area contributed by atoms with Crippen LogP contribution in [0.5, 0.6) is 0 Å². The van der Waals surface area contributed by atoms with Gasteiger partial charge in [0.25, 0.3) is 6.43 Å². The quantitative estimate of drug-likeness (QED) is 0.704. The Morgan fingerprint density at radius 3 is 2.48 bits per heavy atom. The van der Waals surface area contributed by atoms with Gasteiger partial charge in [0.2, 0.25) is 5.91 Å². The molecule has 1 aliphatic heterocycles. The van der Waals surface area contributed by atoms with Crippen LogP contribution < -0.4 is 5.32 Å². The second-order valence-corrected chi connectivity index (χ2v) is 8.80. The van der Waals surface area contributed by atoms with E-state index >= 15 is 0 Å². The second kappa shape index (κ2) is 8.61. The van der Waals surface area contributed by atoms with E-state index < -0.39 is 54.4 Å². The number of carbonyl (C=O) groups excluding carboxylic acids is 2. The molecule has 1 aliphatic rings. The van der Waals surface area contributed by atoms with Crippen molar-refractivity contribution >= 4 is 27.9 Å². The minimum atomic E-state index is -3.05. The Kier molecular flexibility index (Phi) is 6.83. The van der Waals surface area contributed by atoms with Crippen LogP contribution in [-0.4, -0.2) is 48.1 Å². The zero-order valence-electron chi connectivity index (χ0n) is 16.1. The van der Waals surface area contributed by atoms with Gasteiger partial charge in [0.05, 0.1) is 6.07 Å². The number of rotatable bonds is 5. The van der Waals surface area contributed by atoms with E-state index in [2.05, 4.69) is 21.2 Å². The molecular formula is C19H21BrF3N3O3. The van der Waals surface area contributed by atoms with Crippen molar-refractivity contribution in [2.24, 2.45) is 5.41 Å². The van der Waals surface area contributed by atoms with Gasteiger partial charge in [-0.25, -0.2) is 18.0 Å². The molecule has 1 aromatic carbocycles. The predicted molar refractivity (Wildman–Crippen MR) is 102 cm³/mol. The van der Waals surface area contributed by atoms with Crippen molar-refractivity contribution in [1.29, 1.82) is 5.26 Å². The molecule has 1 atom stereocenters. The number of amides is 2. The molecule has 2 rings (SSSR count). The van der Waals surface area contributed by atoms with Crippen LogP contribution in [0, 0.1) is 22.6 Å². The number of nitrogens with one attached hydrogen (secondary N) is 1. The van der Waals surface area contributed by atoms with Crippen LogP contribution >= 0.6 is 15.9 Å². The Bertz CT molecular complexity index is 830. The van der Waals surface area contributed by atoms with E-state index in [1.54, 1.807) is 32.9 Å². The molecule has 10 heteroatoms. The molecule has 0 bridgehead atoms. The monoisotopic (exact) mass is 475 g/mol. The minimum absolute atomic E-state index is 0.162. The van der Waals surface area contributed by atoms with Crippen LogP contribution in [0.25, 0.3) is 0 Å². The molecule has 0 spiro atoms. The average Bonchev–Trinajstić information content (AvgIpc) is 2.53. The molecule has 29 heavy (non-hydrogen) atoms. The molecule has 0 radical (unpaired) electrons. The van der Waals surface area contributed by atoms with Gasteiger partial charge < -0.3 is 15.0 Å². The topological polar surface area (TPSA) is 82.4 Å². The highest BCUT2D eigenvalue weighted by Gasteiger charge is 2.58. The summed E-state index contributed by atoms with van der Waals surface area (Å²) < 4.78 is 46.9. The number of nitriles is 1. The summed E-state index contributed by atoms with van der Waals surface area (Å²) in [5.41, 5.74) is -2.77. The van der Waals surface area contributed by atoms with E-state index in [4.69, 9.17) is 4.74 Å². The van der Waals surface area contributed by atoms with Crippen LogP contribution in [0.15, 0.2) is 22.7 Å². The summed E-state index contributed by atoms with van der Waals surface area (Å²) in [6, 6.07) is 4.79. The Balaban J connectivity index is 2.06. The Labute approximate surface area is 175 Å². The van der Waals surface area contributed by atoms with Gasteiger partial charge >= 0.3 is 6.09 Å². The van der Waals surface area contributed by atoms with Crippen molar-refractivity contribution in [3.8, 4) is 6.07 Å². The molecule has 0 aromatic heterocycles. The number of alkyl halides is 2. The number of likely N-dealkylation sites (tertiary alicyclic amines) is 1. The molecule has 0 aliphatic carbocycles. The molecule has 0 saturated carbocycles. The van der Waals surface area contributed by atoms with Gasteiger partial charge in [0.15, 0.2) is 0 Å². The summed E-state index contributed by atoms with van der Waals surface area (Å²) in [6.07, 6.45) is -4.03. The Hall–Kier alpha value is -2.28. The van der Waals surface area contributed by atoms with Crippen LogP contribution in [0.4, 0.5) is 18.0 Å². The number of ether oxygens (including phenoxy) is 1. The number of hydrogen-bond acceptors (Lipinski definition) is 4. The summed E-state index contributed by atoms with van der Waals surface area (Å²) in [7, 11) is 0. The third-order valence-corrected chi connectivity index (χ3v) is 4.86. The third kappa shape index (κ3) is 5.41. The number of nitrogens with zero attached hydrogens (tertiary/aromatic N) is 2. The number of halogens is 4. The molecule has 1 fully saturated rings. The zero-order valence-corrected chi connectivity index (χ0v) is 17.7. The van der Waals surface area contributed by atoms with Gasteiger partial charge in [-0.05, 0) is 38.5 Å². The Morgan fingerprint density at radius 1 is 1.38 bits per heavy atom. The first kappa shape index (κ1) is 23.0. The summed E-state index contributed by atoms with van der Waals surface area (Å²) >= 11 is 3.11. The molecule has 2 amide bonds. The first-order chi connectivity index (χ1) is 13.4. The predicted octanol–water partition coefficient (Wildman–Crippen LogP) is 3.64. The summed E-state index contributed by atoms with van der Waals surface area (Å²) in [5, 5.41) is 11.5. The normalized spacial score (nSPS) is 16.6. The minimum Gasteiger partial charge on any atom is -0.444 e. The molecule has 1 heterocycles. The standard InChI is InChI=1S/C19H21BrF3N3O3/c1-18(2,3)29-17(28)26-9-19(10-26,15(22)23)16(27)25-13(8-24)6-11-4-5-12(20)7-14(11)21/h4-5,7,13,15H,6,9-10H2,1-3H3,(H,25,27). The molecular weight excluding hydrogens is 455 g/mol. The fourth-order valence-electron chi connectivity index (χ4n) is 2.81. The smallest absolute Gasteiger partial charge is 0.410 e. The van der Waals surface area contributed by atoms with Gasteiger partial charge in [-0.1, -0.05) is 22.0 Å². The van der Waals surface area contributed by atoms with Crippen LogP contribution in [0.3, 0.4) is 0 Å². The summed E-state index contributed by atoms with van der Waals surface area (Å²) in [4.78, 5) is 25.5. The van der Waals surface area contributed by atoms with Crippen molar-refractivity contribution in [1.82, 2.24) is 10.2 Å². The fraction of sp³-hybridized carbons (Fsp3) is 0.526. The van der Waals surface area contributed by atoms with Crippen LogP contribution in [-0.2, 0) is 16.0 Å². The van der Waals surface area contributed by atoms with Crippen molar-refractivity contribution in [2.75, 3.05) is 13.1 Å². The fourth-order valence-corrected chi connectivity index (χ4v) is 3.14. The number of hydrogen-bond donors (Lipinski definition) is 1. The van der Waals surface area contributed by atoms with Gasteiger partial charge in [0.1, 0.15) is 22.9 Å². The summed E-state index contributed by atoms with van der Waals surface area (Å²) in [6.45, 7) is 3.84. The SMILES string of the molecule is CC(C)(C)OC(=O)N1CC(C(=O)NC(C#N)Cc2ccc(Br)cc2F)(C(F)F)C1. The first-order valence-electron chi connectivity index (χ1n) is 8.78. The van der Waals surface area contributed by atoms with Gasteiger partial charge in [-0.15, -0.1) is 0 Å². The molecule has 6 nitrogen and oxygen atoms in total. The van der Waals surface area contributed by atoms with Gasteiger partial charge in [-0.3, -0.25) is 4.79 Å². The zero-order chi connectivity index (χ0) is 22.0. The summed E-state index contributed by atoms with van der Waals surface area (Å²) in [5.74, 6) is -1.64. The van der Waals surface area contributed by atoms with Crippen molar-refractivity contribution in [3.05, 3.63) is 34.1 Å². The van der Waals surface area contributed by atoms with Crippen molar-refractivity contribution < 1.29 is 27.5 Å². The lowest BCUT2D eigenvalue weighted by Crippen LogP contribution is -2.68. The number of benzene rings is 1. The lowest BCUT2D eigenvalue weighted by atomic mass is 9.79. The molecule has 1 unspecified atom stereocenters. The van der Waals surface area contributed by atoms with E-state index in [0.29, 0.717) is 4.47 Å². The molecule has 1 N–H and O–H groups in total. The van der Waals surface area contributed by atoms with Gasteiger partial charge in [0, 0.05) is 24.0 Å². The van der Waals surface area contributed by atoms with Gasteiger partial charge in [-0.2, -0.15) is 5.26 Å². The molecule has 1 saturated heterocycles. The maximum Gasteiger partial charge on any atom is 0.410 e. The molecule has 1 aromatic rings. The van der Waals surface area contributed by atoms with Crippen LogP contribution in [0.2, 0.25) is 0 Å². The van der Waals surface area contributed by atoms with Crippen molar-refractivity contribution in [2.45, 2.75) is 45.3 Å². The lowest BCUT2D eigenvalue weighted by molar-refractivity contribution is -0.160. The van der Waals surface area contributed by atoms with E-state index in [1.165, 1.54) is 12.1 Å². The second-order valence-electron chi connectivity index (χ2n) is 7.89. The maximum atomic E-state index is 14.0. The first-order valence-corrected chi connectivity index (χ1v) is 9.58. The van der Waals surface area contributed by atoms with E-state index in [0.717, 1.165) is 4.90 Å². The lowest BCUT2D eigenvalue weighted by Gasteiger charge is -2.47. The van der Waals surface area contributed by atoms with E-state index in [-0.39, 0.29) is 12.0 Å². The van der Waals surface area contributed by atoms with E-state index in [1.807, 2.05) is 0 Å². The highest BCUT2D eigenvalue weighted by Crippen LogP contribution is 2.38.